The van der Waals surface area contributed by atoms with Crippen LogP contribution in [0.4, 0.5) is 5.13 Å². The van der Waals surface area contributed by atoms with Gasteiger partial charge in [-0.3, -0.25) is 10.1 Å². The molecule has 0 bridgehead atoms. The maximum Gasteiger partial charge on any atom is 0.264 e. The van der Waals surface area contributed by atoms with Gasteiger partial charge in [-0.05, 0) is 43.5 Å². The molecule has 112 valence electrons. The number of hydrogen-bond donors (Lipinski definition) is 1. The highest BCUT2D eigenvalue weighted by atomic mass is 35.5. The highest BCUT2D eigenvalue weighted by molar-refractivity contribution is 7.13. The van der Waals surface area contributed by atoms with Crippen LogP contribution in [0.5, 0.6) is 5.75 Å². The minimum atomic E-state index is -0.232. The Morgan fingerprint density at radius 2 is 2.14 bits per heavy atom. The predicted molar refractivity (Wildman–Crippen MR) is 86.4 cm³/mol. The molecule has 0 unspecified atom stereocenters. The van der Waals surface area contributed by atoms with Crippen molar-refractivity contribution in [3.63, 3.8) is 0 Å². The molecule has 6 heteroatoms. The minimum Gasteiger partial charge on any atom is -0.483 e. The van der Waals surface area contributed by atoms with E-state index in [0.717, 1.165) is 28.1 Å². The second kappa shape index (κ2) is 6.91. The SMILES string of the molecule is Cc1cc(C)c(C)c(OCC(=O)Nc2nc(CCl)cs2)c1. The van der Waals surface area contributed by atoms with E-state index in [0.29, 0.717) is 11.0 Å². The van der Waals surface area contributed by atoms with Gasteiger partial charge in [-0.1, -0.05) is 6.07 Å². The summed E-state index contributed by atoms with van der Waals surface area (Å²) in [5.41, 5.74) is 4.06. The van der Waals surface area contributed by atoms with Crippen molar-refractivity contribution in [2.75, 3.05) is 11.9 Å². The number of rotatable bonds is 5. The molecular weight excluding hydrogens is 308 g/mol. The average molecular weight is 325 g/mol. The molecule has 0 aliphatic rings. The van der Waals surface area contributed by atoms with Crippen LogP contribution in [-0.2, 0) is 10.7 Å². The van der Waals surface area contributed by atoms with Gasteiger partial charge in [-0.15, -0.1) is 22.9 Å². The Kier molecular flexibility index (Phi) is 5.20. The maximum atomic E-state index is 11.9. The number of halogens is 1. The number of thiazole rings is 1. The number of nitrogens with one attached hydrogen (secondary N) is 1. The van der Waals surface area contributed by atoms with Crippen LogP contribution in [0, 0.1) is 20.8 Å². The molecule has 0 aliphatic heterocycles. The third kappa shape index (κ3) is 4.19. The number of carbonyl (C=O) groups is 1. The van der Waals surface area contributed by atoms with Crippen molar-refractivity contribution >= 4 is 34.0 Å². The Morgan fingerprint density at radius 3 is 2.81 bits per heavy atom. The molecule has 0 fully saturated rings. The summed E-state index contributed by atoms with van der Waals surface area (Å²) < 4.78 is 5.60. The number of amides is 1. The fourth-order valence-corrected chi connectivity index (χ4v) is 2.83. The van der Waals surface area contributed by atoms with Crippen LogP contribution in [-0.4, -0.2) is 17.5 Å². The molecule has 0 atom stereocenters. The molecule has 0 saturated heterocycles. The molecule has 0 spiro atoms. The first-order valence-electron chi connectivity index (χ1n) is 6.50. The molecule has 2 aromatic rings. The van der Waals surface area contributed by atoms with E-state index in [1.807, 2.05) is 32.2 Å². The second-order valence-corrected chi connectivity index (χ2v) is 5.94. The third-order valence-corrected chi connectivity index (χ3v) is 4.14. The van der Waals surface area contributed by atoms with Crippen LogP contribution in [0.15, 0.2) is 17.5 Å². The number of aromatic nitrogens is 1. The van der Waals surface area contributed by atoms with E-state index in [2.05, 4.69) is 16.4 Å². The smallest absolute Gasteiger partial charge is 0.264 e. The van der Waals surface area contributed by atoms with E-state index in [9.17, 15) is 4.79 Å². The Hall–Kier alpha value is -1.59. The number of aryl methyl sites for hydroxylation is 2. The Bertz CT molecular complexity index is 655. The van der Waals surface area contributed by atoms with Gasteiger partial charge in [-0.25, -0.2) is 4.98 Å². The van der Waals surface area contributed by atoms with Crippen LogP contribution < -0.4 is 10.1 Å². The van der Waals surface area contributed by atoms with Crippen molar-refractivity contribution in [1.29, 1.82) is 0 Å². The number of ether oxygens (including phenoxy) is 1. The first kappa shape index (κ1) is 15.8. The Morgan fingerprint density at radius 1 is 1.38 bits per heavy atom. The van der Waals surface area contributed by atoms with Crippen molar-refractivity contribution in [2.45, 2.75) is 26.7 Å². The van der Waals surface area contributed by atoms with E-state index < -0.39 is 0 Å². The zero-order valence-corrected chi connectivity index (χ0v) is 13.8. The highest BCUT2D eigenvalue weighted by Gasteiger charge is 2.09. The van der Waals surface area contributed by atoms with Gasteiger partial charge in [0.05, 0.1) is 11.6 Å². The van der Waals surface area contributed by atoms with Crippen LogP contribution in [0.2, 0.25) is 0 Å². The van der Waals surface area contributed by atoms with Crippen molar-refractivity contribution < 1.29 is 9.53 Å². The zero-order chi connectivity index (χ0) is 15.4. The first-order valence-corrected chi connectivity index (χ1v) is 7.92. The average Bonchev–Trinajstić information content (AvgIpc) is 2.88. The molecule has 1 N–H and O–H groups in total. The van der Waals surface area contributed by atoms with Gasteiger partial charge in [0.25, 0.3) is 5.91 Å². The molecule has 1 aromatic carbocycles. The van der Waals surface area contributed by atoms with E-state index in [-0.39, 0.29) is 12.5 Å². The lowest BCUT2D eigenvalue weighted by Crippen LogP contribution is -2.20. The molecule has 1 amide bonds. The molecule has 4 nitrogen and oxygen atoms in total. The van der Waals surface area contributed by atoms with E-state index >= 15 is 0 Å². The van der Waals surface area contributed by atoms with Gasteiger partial charge in [0.1, 0.15) is 5.75 Å². The summed E-state index contributed by atoms with van der Waals surface area (Å²) in [4.78, 5) is 16.0. The van der Waals surface area contributed by atoms with E-state index in [1.165, 1.54) is 11.3 Å². The summed E-state index contributed by atoms with van der Waals surface area (Å²) in [6.45, 7) is 5.97. The lowest BCUT2D eigenvalue weighted by Gasteiger charge is -2.11. The van der Waals surface area contributed by atoms with Crippen molar-refractivity contribution in [3.05, 3.63) is 39.9 Å². The Labute approximate surface area is 133 Å². The van der Waals surface area contributed by atoms with Gasteiger partial charge >= 0.3 is 0 Å². The van der Waals surface area contributed by atoms with E-state index in [1.54, 1.807) is 0 Å². The first-order chi connectivity index (χ1) is 9.99. The van der Waals surface area contributed by atoms with Crippen LogP contribution >= 0.6 is 22.9 Å². The molecule has 0 radical (unpaired) electrons. The maximum absolute atomic E-state index is 11.9. The van der Waals surface area contributed by atoms with Crippen LogP contribution in [0.3, 0.4) is 0 Å². The summed E-state index contributed by atoms with van der Waals surface area (Å²) in [7, 11) is 0. The molecule has 0 saturated carbocycles. The molecule has 1 aromatic heterocycles. The van der Waals surface area contributed by atoms with Gasteiger partial charge in [-0.2, -0.15) is 0 Å². The van der Waals surface area contributed by atoms with Gasteiger partial charge in [0.15, 0.2) is 11.7 Å². The largest absolute Gasteiger partial charge is 0.483 e. The molecular formula is C15H17ClN2O2S. The fraction of sp³-hybridized carbons (Fsp3) is 0.333. The standard InChI is InChI=1S/C15H17ClN2O2S/c1-9-4-10(2)11(3)13(5-9)20-7-14(19)18-15-17-12(6-16)8-21-15/h4-5,8H,6-7H2,1-3H3,(H,17,18,19). The van der Waals surface area contributed by atoms with Gasteiger partial charge < -0.3 is 4.74 Å². The van der Waals surface area contributed by atoms with Crippen molar-refractivity contribution in [3.8, 4) is 5.75 Å². The number of nitrogens with zero attached hydrogens (tertiary/aromatic N) is 1. The second-order valence-electron chi connectivity index (χ2n) is 4.82. The minimum absolute atomic E-state index is 0.0421. The van der Waals surface area contributed by atoms with Crippen LogP contribution in [0.1, 0.15) is 22.4 Å². The third-order valence-electron chi connectivity index (χ3n) is 3.06. The Balaban J connectivity index is 1.95. The fourth-order valence-electron chi connectivity index (χ4n) is 1.88. The molecule has 2 rings (SSSR count). The monoisotopic (exact) mass is 324 g/mol. The lowest BCUT2D eigenvalue weighted by atomic mass is 10.1. The summed E-state index contributed by atoms with van der Waals surface area (Å²) in [6.07, 6.45) is 0. The van der Waals surface area contributed by atoms with Crippen molar-refractivity contribution in [1.82, 2.24) is 4.98 Å². The molecule has 1 heterocycles. The highest BCUT2D eigenvalue weighted by Crippen LogP contribution is 2.23. The van der Waals surface area contributed by atoms with Gasteiger partial charge in [0, 0.05) is 5.38 Å². The number of carbonyl (C=O) groups excluding carboxylic acids is 1. The van der Waals surface area contributed by atoms with Gasteiger partial charge in [0.2, 0.25) is 0 Å². The number of alkyl halides is 1. The number of anilines is 1. The lowest BCUT2D eigenvalue weighted by molar-refractivity contribution is -0.118. The number of hydrogen-bond acceptors (Lipinski definition) is 4. The normalized spacial score (nSPS) is 10.5. The summed E-state index contributed by atoms with van der Waals surface area (Å²) in [6, 6.07) is 4.02. The number of benzene rings is 1. The van der Waals surface area contributed by atoms with Crippen molar-refractivity contribution in [2.24, 2.45) is 0 Å². The van der Waals surface area contributed by atoms with E-state index in [4.69, 9.17) is 16.3 Å². The predicted octanol–water partition coefficient (Wildman–Crippen LogP) is 3.82. The van der Waals surface area contributed by atoms with Crippen LogP contribution in [0.25, 0.3) is 0 Å². The summed E-state index contributed by atoms with van der Waals surface area (Å²) >= 11 is 7.02. The summed E-state index contributed by atoms with van der Waals surface area (Å²) in [5.74, 6) is 0.845. The quantitative estimate of drug-likeness (QED) is 0.850. The molecule has 21 heavy (non-hydrogen) atoms. The molecule has 0 aliphatic carbocycles. The zero-order valence-electron chi connectivity index (χ0n) is 12.2. The summed E-state index contributed by atoms with van der Waals surface area (Å²) in [5, 5.41) is 5.06. The topological polar surface area (TPSA) is 51.2 Å².